The van der Waals surface area contributed by atoms with Crippen molar-refractivity contribution in [3.63, 3.8) is 0 Å². The number of carbonyl (C=O) groups excluding carboxylic acids is 1. The summed E-state index contributed by atoms with van der Waals surface area (Å²) in [7, 11) is 1.91. The molecule has 1 N–H and O–H groups in total. The third kappa shape index (κ3) is 5.61. The van der Waals surface area contributed by atoms with Crippen LogP contribution in [0.3, 0.4) is 0 Å². The maximum Gasteiger partial charge on any atom is 0.290 e. The highest BCUT2D eigenvalue weighted by atomic mass is 32.2. The lowest BCUT2D eigenvalue weighted by atomic mass is 10.1. The normalized spacial score (nSPS) is 18.0. The molecule has 2 aliphatic rings. The Morgan fingerprint density at radius 1 is 1.10 bits per heavy atom. The average Bonchev–Trinajstić information content (AvgIpc) is 3.21. The second kappa shape index (κ2) is 10.5. The number of nitrogens with zero attached hydrogens (tertiary/aromatic N) is 4. The van der Waals surface area contributed by atoms with Crippen LogP contribution in [-0.4, -0.2) is 80.8 Å². The zero-order chi connectivity index (χ0) is 20.6. The van der Waals surface area contributed by atoms with E-state index in [1.54, 1.807) is 4.68 Å². The third-order valence-electron chi connectivity index (χ3n) is 5.48. The first-order valence-electron chi connectivity index (χ1n) is 9.90. The lowest BCUT2D eigenvalue weighted by Gasteiger charge is -2.40. The summed E-state index contributed by atoms with van der Waals surface area (Å²) in [5.41, 5.74) is 2.94. The van der Waals surface area contributed by atoms with Gasteiger partial charge in [0.1, 0.15) is 0 Å². The van der Waals surface area contributed by atoms with E-state index in [9.17, 15) is 4.79 Å². The first-order chi connectivity index (χ1) is 14.1. The first kappa shape index (κ1) is 21.4. The number of benzene rings is 1. The minimum atomic E-state index is -0.250. The second-order valence-electron chi connectivity index (χ2n) is 7.26. The van der Waals surface area contributed by atoms with Gasteiger partial charge in [0, 0.05) is 56.6 Å². The molecule has 1 aromatic heterocycles. The molecule has 1 aromatic carbocycles. The number of thioether (sulfide) groups is 1. The Morgan fingerprint density at radius 3 is 2.28 bits per heavy atom. The molecule has 29 heavy (non-hydrogen) atoms. The fourth-order valence-electron chi connectivity index (χ4n) is 3.90. The van der Waals surface area contributed by atoms with Crippen LogP contribution in [0, 0.1) is 0 Å². The zero-order valence-corrected chi connectivity index (χ0v) is 17.6. The van der Waals surface area contributed by atoms with E-state index in [1.165, 1.54) is 24.3 Å². The lowest BCUT2D eigenvalue weighted by molar-refractivity contribution is -0.122. The minimum Gasteiger partial charge on any atom is -0.483 e. The van der Waals surface area contributed by atoms with Crippen molar-refractivity contribution in [2.24, 2.45) is 7.05 Å². The lowest BCUT2D eigenvalue weighted by Crippen LogP contribution is -2.52. The molecule has 0 atom stereocenters. The van der Waals surface area contributed by atoms with Gasteiger partial charge in [-0.3, -0.25) is 19.2 Å². The summed E-state index contributed by atoms with van der Waals surface area (Å²) in [5, 5.41) is 11.1. The Morgan fingerprint density at radius 2 is 1.72 bits per heavy atom. The monoisotopic (exact) mass is 416 g/mol. The number of piperazine rings is 1. The van der Waals surface area contributed by atoms with Crippen LogP contribution in [0.5, 0.6) is 0 Å². The highest BCUT2D eigenvalue weighted by Crippen LogP contribution is 2.23. The number of hydrogen-bond acceptors (Lipinski definition) is 5. The Hall–Kier alpha value is -2.32. The van der Waals surface area contributed by atoms with Gasteiger partial charge < -0.3 is 10.0 Å². The van der Waals surface area contributed by atoms with Crippen molar-refractivity contribution in [2.75, 3.05) is 37.7 Å². The first-order valence-corrected chi connectivity index (χ1v) is 11.1. The number of carbonyl (C=O) groups is 2. The molecule has 1 amide bonds. The summed E-state index contributed by atoms with van der Waals surface area (Å²) in [6, 6.07) is 8.64. The highest BCUT2D eigenvalue weighted by molar-refractivity contribution is 7.99. The number of aryl methyl sites for hydroxylation is 1. The van der Waals surface area contributed by atoms with Gasteiger partial charge in [-0.25, -0.2) is 0 Å². The molecule has 2 fully saturated rings. The molecule has 2 aromatic rings. The predicted octanol–water partition coefficient (Wildman–Crippen LogP) is 2.44. The molecule has 4 rings (SSSR count). The quantitative estimate of drug-likeness (QED) is 0.775. The van der Waals surface area contributed by atoms with Crippen molar-refractivity contribution in [2.45, 2.75) is 18.9 Å². The Balaban J connectivity index is 0.000000755. The van der Waals surface area contributed by atoms with Crippen molar-refractivity contribution in [1.82, 2.24) is 19.6 Å². The summed E-state index contributed by atoms with van der Waals surface area (Å²) in [6.45, 7) is 3.45. The summed E-state index contributed by atoms with van der Waals surface area (Å²) in [6.07, 6.45) is 6.43. The number of carboxylic acid groups (broad SMARTS) is 1. The molecule has 2 aliphatic heterocycles. The average molecular weight is 417 g/mol. The van der Waals surface area contributed by atoms with Gasteiger partial charge >= 0.3 is 0 Å². The van der Waals surface area contributed by atoms with Gasteiger partial charge in [0.15, 0.2) is 0 Å². The SMILES string of the molecule is Cn1cc(-c2ccc(C(=O)N3CCN(C4CCSCC4)CC3)cc2)cn1.O=CO. The van der Waals surface area contributed by atoms with Gasteiger partial charge in [-0.2, -0.15) is 16.9 Å². The zero-order valence-electron chi connectivity index (χ0n) is 16.7. The Labute approximate surface area is 175 Å². The smallest absolute Gasteiger partial charge is 0.290 e. The second-order valence-corrected chi connectivity index (χ2v) is 8.48. The van der Waals surface area contributed by atoms with Crippen LogP contribution >= 0.6 is 11.8 Å². The van der Waals surface area contributed by atoms with E-state index in [1.807, 2.05) is 48.6 Å². The van der Waals surface area contributed by atoms with Gasteiger partial charge in [-0.1, -0.05) is 12.1 Å². The van der Waals surface area contributed by atoms with Gasteiger partial charge in [-0.15, -0.1) is 0 Å². The Kier molecular flexibility index (Phi) is 7.71. The maximum atomic E-state index is 12.8. The van der Waals surface area contributed by atoms with Crippen LogP contribution < -0.4 is 0 Å². The minimum absolute atomic E-state index is 0.154. The molecule has 0 unspecified atom stereocenters. The molecule has 7 nitrogen and oxygen atoms in total. The topological polar surface area (TPSA) is 78.7 Å². The molecule has 0 bridgehead atoms. The van der Waals surface area contributed by atoms with E-state index in [0.717, 1.165) is 48.9 Å². The van der Waals surface area contributed by atoms with Crippen LogP contribution in [0.2, 0.25) is 0 Å². The van der Waals surface area contributed by atoms with Crippen molar-refractivity contribution < 1.29 is 14.7 Å². The summed E-state index contributed by atoms with van der Waals surface area (Å²) >= 11 is 2.07. The molecule has 0 radical (unpaired) electrons. The van der Waals surface area contributed by atoms with E-state index in [4.69, 9.17) is 9.90 Å². The van der Waals surface area contributed by atoms with Gasteiger partial charge in [0.05, 0.1) is 6.20 Å². The van der Waals surface area contributed by atoms with Gasteiger partial charge in [-0.05, 0) is 42.0 Å². The van der Waals surface area contributed by atoms with Crippen LogP contribution in [0.25, 0.3) is 11.1 Å². The number of hydrogen-bond donors (Lipinski definition) is 1. The summed E-state index contributed by atoms with van der Waals surface area (Å²) < 4.78 is 1.79. The highest BCUT2D eigenvalue weighted by Gasteiger charge is 2.27. The van der Waals surface area contributed by atoms with Crippen molar-refractivity contribution in [1.29, 1.82) is 0 Å². The summed E-state index contributed by atoms with van der Waals surface area (Å²) in [5.74, 6) is 2.72. The molecule has 8 heteroatoms. The van der Waals surface area contributed by atoms with Crippen molar-refractivity contribution in [3.05, 3.63) is 42.2 Å². The number of aromatic nitrogens is 2. The fraction of sp³-hybridized carbons (Fsp3) is 0.476. The third-order valence-corrected chi connectivity index (χ3v) is 6.53. The van der Waals surface area contributed by atoms with Crippen LogP contribution in [0.1, 0.15) is 23.2 Å². The van der Waals surface area contributed by atoms with Gasteiger partial charge in [0.25, 0.3) is 12.4 Å². The predicted molar refractivity (Wildman–Crippen MR) is 115 cm³/mol. The van der Waals surface area contributed by atoms with Crippen LogP contribution in [-0.2, 0) is 11.8 Å². The maximum absolute atomic E-state index is 12.8. The van der Waals surface area contributed by atoms with E-state index >= 15 is 0 Å². The van der Waals surface area contributed by atoms with E-state index < -0.39 is 0 Å². The van der Waals surface area contributed by atoms with Crippen LogP contribution in [0.4, 0.5) is 0 Å². The molecule has 3 heterocycles. The molecule has 0 saturated carbocycles. The van der Waals surface area contributed by atoms with Crippen molar-refractivity contribution >= 4 is 24.1 Å². The Bertz CT molecular complexity index is 795. The molecule has 2 saturated heterocycles. The van der Waals surface area contributed by atoms with Crippen molar-refractivity contribution in [3.8, 4) is 11.1 Å². The standard InChI is InChI=1S/C20H26N4OS.CH2O2/c1-22-15-18(14-21-22)16-2-4-17(5-3-16)20(25)24-10-8-23(9-11-24)19-6-12-26-13-7-19;2-1-3/h2-5,14-15,19H,6-13H2,1H3;1H,(H,2,3). The van der Waals surface area contributed by atoms with Gasteiger partial charge in [0.2, 0.25) is 0 Å². The molecular formula is C21H28N4O3S. The van der Waals surface area contributed by atoms with E-state index in [-0.39, 0.29) is 12.4 Å². The summed E-state index contributed by atoms with van der Waals surface area (Å²) in [4.78, 5) is 25.8. The molecular weight excluding hydrogens is 388 g/mol. The van der Waals surface area contributed by atoms with Crippen LogP contribution in [0.15, 0.2) is 36.7 Å². The molecule has 0 spiro atoms. The number of amides is 1. The fourth-order valence-corrected chi connectivity index (χ4v) is 4.98. The van der Waals surface area contributed by atoms with E-state index in [0.29, 0.717) is 0 Å². The number of rotatable bonds is 3. The molecule has 0 aliphatic carbocycles. The van der Waals surface area contributed by atoms with E-state index in [2.05, 4.69) is 21.8 Å². The molecule has 156 valence electrons. The largest absolute Gasteiger partial charge is 0.483 e.